The van der Waals surface area contributed by atoms with Gasteiger partial charge in [-0.3, -0.25) is 0 Å². The topological polar surface area (TPSA) is 177 Å². The van der Waals surface area contributed by atoms with Crippen LogP contribution in [0.4, 0.5) is 0 Å². The predicted octanol–water partition coefficient (Wildman–Crippen LogP) is 12.3. The summed E-state index contributed by atoms with van der Waals surface area (Å²) in [5, 5.41) is 43.3. The highest BCUT2D eigenvalue weighted by molar-refractivity contribution is 5.72. The standard InChI is InChI=1S/C58H60N6O6/c65-45(35-37-69-47-31-33-49(51(67)39-47)57-61-53(41-21-11-7-12-22-41)59-54(62-57)42-23-13-8-14-24-42)29-19-5-3-1-2-4-6-20-30-46(66)36-38-70-48-32-34-50(52(68)40-48)58-63-55(43-25-15-9-16-26-43)60-56(64-58)44-27-17-10-18-28-44/h7-18,21-28,31-34,39-40,45-46,65-68H,1-6,19-20,29-30,35-38H2. The fourth-order valence-corrected chi connectivity index (χ4v) is 8.17. The third-order valence-electron chi connectivity index (χ3n) is 12.1. The number of unbranched alkanes of at least 4 members (excludes halogenated alkanes) is 7. The molecular weight excluding hydrogens is 877 g/mol. The molecule has 0 aliphatic rings. The van der Waals surface area contributed by atoms with E-state index in [4.69, 9.17) is 39.4 Å². The van der Waals surface area contributed by atoms with E-state index < -0.39 is 12.2 Å². The second kappa shape index (κ2) is 25.2. The van der Waals surface area contributed by atoms with Crippen LogP contribution < -0.4 is 9.47 Å². The molecule has 0 amide bonds. The Morgan fingerprint density at radius 1 is 0.329 bits per heavy atom. The highest BCUT2D eigenvalue weighted by atomic mass is 16.5. The van der Waals surface area contributed by atoms with Gasteiger partial charge in [0.2, 0.25) is 0 Å². The highest BCUT2D eigenvalue weighted by Gasteiger charge is 2.18. The minimum absolute atomic E-state index is 0.00116. The van der Waals surface area contributed by atoms with Gasteiger partial charge < -0.3 is 29.9 Å². The molecule has 8 aromatic rings. The van der Waals surface area contributed by atoms with Crippen LogP contribution in [-0.2, 0) is 0 Å². The van der Waals surface area contributed by atoms with Gasteiger partial charge in [-0.2, -0.15) is 0 Å². The number of aromatic nitrogens is 6. The van der Waals surface area contributed by atoms with Crippen molar-refractivity contribution in [3.05, 3.63) is 158 Å². The number of ether oxygens (including phenoxy) is 2. The highest BCUT2D eigenvalue weighted by Crippen LogP contribution is 2.35. The summed E-state index contributed by atoms with van der Waals surface area (Å²) < 4.78 is 11.8. The minimum atomic E-state index is -0.452. The second-order valence-electron chi connectivity index (χ2n) is 17.4. The molecule has 358 valence electrons. The molecule has 2 heterocycles. The van der Waals surface area contributed by atoms with Crippen LogP contribution in [0.15, 0.2) is 158 Å². The first kappa shape index (κ1) is 48.9. The second-order valence-corrected chi connectivity index (χ2v) is 17.4. The lowest BCUT2D eigenvalue weighted by molar-refractivity contribution is 0.127. The maximum atomic E-state index is 11.0. The van der Waals surface area contributed by atoms with Gasteiger partial charge in [-0.25, -0.2) is 29.9 Å². The fraction of sp³-hybridized carbons (Fsp3) is 0.276. The van der Waals surface area contributed by atoms with Crippen LogP contribution in [-0.4, -0.2) is 75.8 Å². The van der Waals surface area contributed by atoms with Gasteiger partial charge in [-0.15, -0.1) is 0 Å². The molecule has 0 spiro atoms. The molecule has 0 saturated carbocycles. The molecule has 0 saturated heterocycles. The van der Waals surface area contributed by atoms with E-state index >= 15 is 0 Å². The van der Waals surface area contributed by atoms with Crippen LogP contribution in [0.2, 0.25) is 0 Å². The lowest BCUT2D eigenvalue weighted by Gasteiger charge is -2.13. The van der Waals surface area contributed by atoms with Crippen molar-refractivity contribution < 1.29 is 29.9 Å². The van der Waals surface area contributed by atoms with Crippen LogP contribution >= 0.6 is 0 Å². The molecule has 8 rings (SSSR count). The van der Waals surface area contributed by atoms with Crippen molar-refractivity contribution in [2.45, 2.75) is 89.3 Å². The van der Waals surface area contributed by atoms with Gasteiger partial charge in [-0.05, 0) is 37.1 Å². The molecule has 2 aromatic heterocycles. The van der Waals surface area contributed by atoms with Crippen molar-refractivity contribution in [3.8, 4) is 91.3 Å². The van der Waals surface area contributed by atoms with Crippen molar-refractivity contribution in [1.29, 1.82) is 0 Å². The van der Waals surface area contributed by atoms with Crippen LogP contribution in [0.3, 0.4) is 0 Å². The Kier molecular flexibility index (Phi) is 17.6. The molecule has 0 aliphatic carbocycles. The summed E-state index contributed by atoms with van der Waals surface area (Å²) in [7, 11) is 0. The summed E-state index contributed by atoms with van der Waals surface area (Å²) in [5.41, 5.74) is 4.34. The largest absolute Gasteiger partial charge is 0.507 e. The Balaban J connectivity index is 0.679. The molecule has 0 aliphatic heterocycles. The summed E-state index contributed by atoms with van der Waals surface area (Å²) in [6, 6.07) is 49.0. The van der Waals surface area contributed by atoms with E-state index in [1.54, 1.807) is 36.4 Å². The Labute approximate surface area is 409 Å². The van der Waals surface area contributed by atoms with E-state index in [2.05, 4.69) is 0 Å². The van der Waals surface area contributed by atoms with Crippen molar-refractivity contribution in [2.75, 3.05) is 13.2 Å². The molecule has 2 atom stereocenters. The van der Waals surface area contributed by atoms with Gasteiger partial charge in [0.25, 0.3) is 0 Å². The van der Waals surface area contributed by atoms with Gasteiger partial charge >= 0.3 is 0 Å². The minimum Gasteiger partial charge on any atom is -0.507 e. The number of aliphatic hydroxyl groups excluding tert-OH is 2. The number of benzene rings is 6. The predicted molar refractivity (Wildman–Crippen MR) is 274 cm³/mol. The van der Waals surface area contributed by atoms with Gasteiger partial charge in [0, 0.05) is 47.2 Å². The number of hydrogen-bond donors (Lipinski definition) is 4. The monoisotopic (exact) mass is 936 g/mol. The summed E-state index contributed by atoms with van der Waals surface area (Å²) in [6.07, 6.45) is 10.2. The summed E-state index contributed by atoms with van der Waals surface area (Å²) in [4.78, 5) is 28.3. The number of phenols is 2. The first-order valence-electron chi connectivity index (χ1n) is 24.4. The van der Waals surface area contributed by atoms with Crippen LogP contribution in [0.1, 0.15) is 77.0 Å². The molecule has 12 heteroatoms. The molecule has 4 N–H and O–H groups in total. The molecule has 2 unspecified atom stereocenters. The Hall–Kier alpha value is -7.54. The molecule has 0 fully saturated rings. The van der Waals surface area contributed by atoms with E-state index in [1.165, 1.54) is 0 Å². The Morgan fingerprint density at radius 2 is 0.614 bits per heavy atom. The Bertz CT molecular complexity index is 2550. The third kappa shape index (κ3) is 14.0. The summed E-state index contributed by atoms with van der Waals surface area (Å²) in [5.74, 6) is 3.79. The van der Waals surface area contributed by atoms with E-state index in [9.17, 15) is 20.4 Å². The van der Waals surface area contributed by atoms with Crippen molar-refractivity contribution in [3.63, 3.8) is 0 Å². The molecule has 0 radical (unpaired) electrons. The van der Waals surface area contributed by atoms with E-state index in [0.717, 1.165) is 86.5 Å². The number of nitrogens with zero attached hydrogens (tertiary/aromatic N) is 6. The maximum Gasteiger partial charge on any atom is 0.167 e. The van der Waals surface area contributed by atoms with Gasteiger partial charge in [0.05, 0.1) is 36.5 Å². The van der Waals surface area contributed by atoms with Gasteiger partial charge in [0.1, 0.15) is 23.0 Å². The quantitative estimate of drug-likeness (QED) is 0.0400. The molecular formula is C58H60N6O6. The first-order chi connectivity index (χ1) is 34.4. The zero-order valence-electron chi connectivity index (χ0n) is 39.4. The number of phenolic OH excluding ortho intramolecular Hbond substituents is 2. The van der Waals surface area contributed by atoms with Crippen molar-refractivity contribution >= 4 is 0 Å². The van der Waals surface area contributed by atoms with Crippen molar-refractivity contribution in [1.82, 2.24) is 29.9 Å². The molecule has 6 aromatic carbocycles. The van der Waals surface area contributed by atoms with Crippen LogP contribution in [0, 0.1) is 0 Å². The van der Waals surface area contributed by atoms with Gasteiger partial charge in [-0.1, -0.05) is 173 Å². The van der Waals surface area contributed by atoms with E-state index in [1.807, 2.05) is 121 Å². The zero-order chi connectivity index (χ0) is 48.3. The molecule has 70 heavy (non-hydrogen) atoms. The first-order valence-corrected chi connectivity index (χ1v) is 24.4. The lowest BCUT2D eigenvalue weighted by Crippen LogP contribution is -2.12. The Morgan fingerprint density at radius 3 is 0.914 bits per heavy atom. The molecule has 12 nitrogen and oxygen atoms in total. The SMILES string of the molecule is Oc1cc(OCCC(O)CCCCCCCCCCC(O)CCOc2ccc(-c3nc(-c4ccccc4)nc(-c4ccccc4)n3)c(O)c2)ccc1-c1nc(-c2ccccc2)nc(-c2ccccc2)n1. The fourth-order valence-electron chi connectivity index (χ4n) is 8.17. The number of rotatable bonds is 25. The summed E-state index contributed by atoms with van der Waals surface area (Å²) in [6.45, 7) is 0.666. The van der Waals surface area contributed by atoms with Gasteiger partial charge in [0.15, 0.2) is 34.9 Å². The summed E-state index contributed by atoms with van der Waals surface area (Å²) >= 11 is 0. The maximum absolute atomic E-state index is 11.0. The zero-order valence-corrected chi connectivity index (χ0v) is 39.4. The molecule has 0 bridgehead atoms. The number of hydrogen-bond acceptors (Lipinski definition) is 12. The smallest absolute Gasteiger partial charge is 0.167 e. The van der Waals surface area contributed by atoms with Crippen LogP contribution in [0.25, 0.3) is 68.3 Å². The average molecular weight is 937 g/mol. The van der Waals surface area contributed by atoms with Crippen LogP contribution in [0.5, 0.6) is 23.0 Å². The average Bonchev–Trinajstić information content (AvgIpc) is 3.40. The third-order valence-corrected chi connectivity index (χ3v) is 12.1. The lowest BCUT2D eigenvalue weighted by atomic mass is 10.0. The number of aliphatic hydroxyl groups is 2. The van der Waals surface area contributed by atoms with E-state index in [-0.39, 0.29) is 11.5 Å². The number of aromatic hydroxyl groups is 2. The van der Waals surface area contributed by atoms with E-state index in [0.29, 0.717) is 83.6 Å². The normalized spacial score (nSPS) is 12.1. The van der Waals surface area contributed by atoms with Crippen molar-refractivity contribution in [2.24, 2.45) is 0 Å².